The van der Waals surface area contributed by atoms with Gasteiger partial charge in [0.05, 0.1) is 25.1 Å². The van der Waals surface area contributed by atoms with Crippen LogP contribution in [0.2, 0.25) is 0 Å². The van der Waals surface area contributed by atoms with Crippen LogP contribution in [0.25, 0.3) is 10.9 Å². The van der Waals surface area contributed by atoms with Crippen LogP contribution in [0.4, 0.5) is 0 Å². The van der Waals surface area contributed by atoms with Crippen molar-refractivity contribution in [3.63, 3.8) is 0 Å². The number of nitrogens with one attached hydrogen (secondary N) is 1. The van der Waals surface area contributed by atoms with E-state index in [1.807, 2.05) is 16.8 Å². The minimum atomic E-state index is -0.377. The Balaban J connectivity index is 1.58. The Kier molecular flexibility index (Phi) is 4.85. The molecule has 1 fully saturated rings. The van der Waals surface area contributed by atoms with Gasteiger partial charge in [-0.2, -0.15) is 0 Å². The second-order valence-corrected chi connectivity index (χ2v) is 6.89. The van der Waals surface area contributed by atoms with E-state index in [0.29, 0.717) is 28.4 Å². The van der Waals surface area contributed by atoms with Gasteiger partial charge in [0.25, 0.3) is 11.9 Å². The van der Waals surface area contributed by atoms with E-state index in [1.54, 1.807) is 12.1 Å². The maximum Gasteiger partial charge on any atom is 0.287 e. The number of aromatic hydroxyl groups is 1. The predicted molar refractivity (Wildman–Crippen MR) is 102 cm³/mol. The van der Waals surface area contributed by atoms with Gasteiger partial charge in [0.1, 0.15) is 0 Å². The Morgan fingerprint density at radius 1 is 1.32 bits per heavy atom. The van der Waals surface area contributed by atoms with Crippen LogP contribution in [-0.2, 0) is 6.54 Å². The number of furan rings is 1. The summed E-state index contributed by atoms with van der Waals surface area (Å²) in [5.41, 5.74) is 1.34. The first-order valence-corrected chi connectivity index (χ1v) is 9.30. The smallest absolute Gasteiger partial charge is 0.287 e. The van der Waals surface area contributed by atoms with Crippen molar-refractivity contribution >= 4 is 16.8 Å². The number of carbonyl (C=O) groups excluding carboxylic acids is 1. The molecule has 2 N–H and O–H groups in total. The quantitative estimate of drug-likeness (QED) is 0.675. The molecule has 28 heavy (non-hydrogen) atoms. The van der Waals surface area contributed by atoms with Gasteiger partial charge >= 0.3 is 0 Å². The highest BCUT2D eigenvalue weighted by atomic mass is 16.6. The standard InChI is InChI=1S/C20H23N3O5/c1-26-17-8-7-16(28-17)18(24)21-10-12-9-14-15(22-19(12)27-2)11-23(20(14)25)13-5-3-4-6-13/h7-9,11,13,25H,3-6,10H2,1-2H3,(H,21,24). The lowest BCUT2D eigenvalue weighted by atomic mass is 10.2. The molecule has 0 atom stereocenters. The van der Waals surface area contributed by atoms with Crippen molar-refractivity contribution in [1.29, 1.82) is 0 Å². The molecule has 8 nitrogen and oxygen atoms in total. The van der Waals surface area contributed by atoms with Crippen molar-refractivity contribution in [3.05, 3.63) is 35.7 Å². The summed E-state index contributed by atoms with van der Waals surface area (Å²) in [6.07, 6.45) is 6.33. The van der Waals surface area contributed by atoms with Gasteiger partial charge in [-0.05, 0) is 25.0 Å². The number of hydrogen-bond donors (Lipinski definition) is 2. The summed E-state index contributed by atoms with van der Waals surface area (Å²) in [6.45, 7) is 0.183. The normalized spacial score (nSPS) is 14.5. The fraction of sp³-hybridized carbons (Fsp3) is 0.400. The van der Waals surface area contributed by atoms with Crippen LogP contribution in [0.3, 0.4) is 0 Å². The lowest BCUT2D eigenvalue weighted by Gasteiger charge is -2.12. The Morgan fingerprint density at radius 2 is 2.11 bits per heavy atom. The van der Waals surface area contributed by atoms with E-state index in [4.69, 9.17) is 13.9 Å². The molecule has 1 saturated carbocycles. The summed E-state index contributed by atoms with van der Waals surface area (Å²) in [7, 11) is 3.00. The summed E-state index contributed by atoms with van der Waals surface area (Å²) >= 11 is 0. The molecule has 0 saturated heterocycles. The van der Waals surface area contributed by atoms with Crippen molar-refractivity contribution in [2.75, 3.05) is 14.2 Å². The van der Waals surface area contributed by atoms with Crippen LogP contribution >= 0.6 is 0 Å². The number of ether oxygens (including phenoxy) is 2. The number of fused-ring (bicyclic) bond motifs is 1. The number of carbonyl (C=O) groups is 1. The van der Waals surface area contributed by atoms with Gasteiger partial charge in [0.2, 0.25) is 11.8 Å². The van der Waals surface area contributed by atoms with Gasteiger partial charge in [-0.15, -0.1) is 0 Å². The van der Waals surface area contributed by atoms with Crippen molar-refractivity contribution in [2.24, 2.45) is 0 Å². The number of pyridine rings is 1. The molecule has 3 aromatic rings. The molecule has 0 spiro atoms. The van der Waals surface area contributed by atoms with Crippen molar-refractivity contribution in [1.82, 2.24) is 14.9 Å². The number of hydrogen-bond acceptors (Lipinski definition) is 6. The van der Waals surface area contributed by atoms with Gasteiger partial charge in [0.15, 0.2) is 5.76 Å². The van der Waals surface area contributed by atoms with E-state index < -0.39 is 0 Å². The minimum absolute atomic E-state index is 0.153. The summed E-state index contributed by atoms with van der Waals surface area (Å²) in [5.74, 6) is 0.663. The molecular weight excluding hydrogens is 362 g/mol. The zero-order valence-electron chi connectivity index (χ0n) is 15.9. The molecule has 8 heteroatoms. The second kappa shape index (κ2) is 7.46. The van der Waals surface area contributed by atoms with Gasteiger partial charge in [-0.3, -0.25) is 4.79 Å². The fourth-order valence-corrected chi connectivity index (χ4v) is 3.74. The molecule has 0 bridgehead atoms. The second-order valence-electron chi connectivity index (χ2n) is 6.89. The number of methoxy groups -OCH3 is 2. The molecule has 0 aromatic carbocycles. The number of aromatic nitrogens is 2. The highest BCUT2D eigenvalue weighted by molar-refractivity contribution is 5.91. The third-order valence-electron chi connectivity index (χ3n) is 5.20. The van der Waals surface area contributed by atoms with Crippen LogP contribution in [-0.4, -0.2) is 34.8 Å². The number of nitrogens with zero attached hydrogens (tertiary/aromatic N) is 2. The van der Waals surface area contributed by atoms with Crippen molar-refractivity contribution in [3.8, 4) is 17.7 Å². The SMILES string of the molecule is COc1ccc(C(=O)NCc2cc3c(O)n(C4CCCC4)cc3nc2OC)o1. The van der Waals surface area contributed by atoms with Gasteiger partial charge in [0, 0.05) is 30.4 Å². The number of rotatable bonds is 6. The molecule has 1 aliphatic carbocycles. The molecule has 1 amide bonds. The Morgan fingerprint density at radius 3 is 2.79 bits per heavy atom. The summed E-state index contributed by atoms with van der Waals surface area (Å²) < 4.78 is 17.5. The number of amides is 1. The summed E-state index contributed by atoms with van der Waals surface area (Å²) in [4.78, 5) is 16.8. The molecule has 0 unspecified atom stereocenters. The molecule has 0 aliphatic heterocycles. The first kappa shape index (κ1) is 18.2. The van der Waals surface area contributed by atoms with Gasteiger partial charge in [-0.25, -0.2) is 4.98 Å². The average Bonchev–Trinajstić information content (AvgIpc) is 3.45. The Hall–Kier alpha value is -3.16. The Bertz CT molecular complexity index is 1000. The monoisotopic (exact) mass is 385 g/mol. The van der Waals surface area contributed by atoms with E-state index in [0.717, 1.165) is 12.8 Å². The van der Waals surface area contributed by atoms with E-state index >= 15 is 0 Å². The van der Waals surface area contributed by atoms with E-state index in [2.05, 4.69) is 10.3 Å². The maximum atomic E-state index is 12.3. The zero-order chi connectivity index (χ0) is 19.7. The first-order chi connectivity index (χ1) is 13.6. The van der Waals surface area contributed by atoms with Crippen LogP contribution in [0.5, 0.6) is 17.7 Å². The van der Waals surface area contributed by atoms with E-state index in [9.17, 15) is 9.90 Å². The molecule has 0 radical (unpaired) electrons. The Labute approximate surface area is 162 Å². The molecule has 3 heterocycles. The summed E-state index contributed by atoms with van der Waals surface area (Å²) in [5, 5.41) is 14.1. The molecule has 3 aromatic heterocycles. The molecular formula is C20H23N3O5. The zero-order valence-corrected chi connectivity index (χ0v) is 15.9. The van der Waals surface area contributed by atoms with Crippen LogP contribution in [0, 0.1) is 0 Å². The topological polar surface area (TPSA) is 98.8 Å². The highest BCUT2D eigenvalue weighted by Crippen LogP contribution is 2.38. The van der Waals surface area contributed by atoms with Crippen LogP contribution in [0.15, 0.2) is 28.8 Å². The van der Waals surface area contributed by atoms with Crippen molar-refractivity contribution in [2.45, 2.75) is 38.3 Å². The maximum absolute atomic E-state index is 12.3. The third kappa shape index (κ3) is 3.26. The molecule has 4 rings (SSSR count). The lowest BCUT2D eigenvalue weighted by Crippen LogP contribution is -2.22. The van der Waals surface area contributed by atoms with Crippen LogP contribution in [0.1, 0.15) is 47.8 Å². The highest BCUT2D eigenvalue weighted by Gasteiger charge is 2.22. The largest absolute Gasteiger partial charge is 0.494 e. The molecule has 148 valence electrons. The molecule has 1 aliphatic rings. The van der Waals surface area contributed by atoms with Gasteiger partial charge in [-0.1, -0.05) is 12.8 Å². The third-order valence-corrected chi connectivity index (χ3v) is 5.20. The van der Waals surface area contributed by atoms with E-state index in [1.165, 1.54) is 27.1 Å². The first-order valence-electron chi connectivity index (χ1n) is 9.30. The minimum Gasteiger partial charge on any atom is -0.494 e. The van der Waals surface area contributed by atoms with Crippen LogP contribution < -0.4 is 14.8 Å². The fourth-order valence-electron chi connectivity index (χ4n) is 3.74. The predicted octanol–water partition coefficient (Wildman–Crippen LogP) is 3.40. The van der Waals surface area contributed by atoms with E-state index in [-0.39, 0.29) is 30.0 Å². The summed E-state index contributed by atoms with van der Waals surface area (Å²) in [6, 6.07) is 5.23. The van der Waals surface area contributed by atoms with Gasteiger partial charge < -0.3 is 28.9 Å². The lowest BCUT2D eigenvalue weighted by molar-refractivity contribution is 0.0916. The average molecular weight is 385 g/mol. The van der Waals surface area contributed by atoms with Crippen molar-refractivity contribution < 1.29 is 23.8 Å².